The van der Waals surface area contributed by atoms with Crippen molar-refractivity contribution in [2.45, 2.75) is 107 Å². The Labute approximate surface area is 206 Å². The molecule has 6 nitrogen and oxygen atoms in total. The van der Waals surface area contributed by atoms with E-state index in [9.17, 15) is 13.2 Å². The lowest BCUT2D eigenvalue weighted by Gasteiger charge is -2.28. The average molecular weight is 494 g/mol. The number of benzene rings is 1. The van der Waals surface area contributed by atoms with Gasteiger partial charge in [-0.05, 0) is 62.5 Å². The molecule has 0 unspecified atom stereocenters. The number of rotatable bonds is 17. The van der Waals surface area contributed by atoms with Crippen molar-refractivity contribution in [1.82, 2.24) is 4.72 Å². The van der Waals surface area contributed by atoms with Gasteiger partial charge < -0.3 is 9.47 Å². The van der Waals surface area contributed by atoms with Crippen LogP contribution in [0.15, 0.2) is 35.2 Å². The fourth-order valence-electron chi connectivity index (χ4n) is 5.50. The Hall–Kier alpha value is -1.44. The smallest absolute Gasteiger partial charge is 0.264 e. The van der Waals surface area contributed by atoms with Gasteiger partial charge in [-0.3, -0.25) is 4.79 Å². The summed E-state index contributed by atoms with van der Waals surface area (Å²) in [7, 11) is -3.77. The molecule has 2 heterocycles. The second-order valence-corrected chi connectivity index (χ2v) is 11.6. The van der Waals surface area contributed by atoms with Crippen LogP contribution in [0.25, 0.3) is 0 Å². The Balaban J connectivity index is 1.27. The molecule has 2 fully saturated rings. The number of hydrogen-bond donors (Lipinski definition) is 1. The summed E-state index contributed by atoms with van der Waals surface area (Å²) >= 11 is 0. The summed E-state index contributed by atoms with van der Waals surface area (Å²) in [6.07, 6.45) is 14.6. The first-order valence-corrected chi connectivity index (χ1v) is 14.8. The second-order valence-electron chi connectivity index (χ2n) is 9.87. The van der Waals surface area contributed by atoms with E-state index in [1.54, 1.807) is 18.2 Å². The van der Waals surface area contributed by atoms with Gasteiger partial charge in [-0.1, -0.05) is 63.6 Å². The zero-order valence-corrected chi connectivity index (χ0v) is 21.6. The van der Waals surface area contributed by atoms with Gasteiger partial charge in [-0.15, -0.1) is 0 Å². The van der Waals surface area contributed by atoms with Gasteiger partial charge in [0.1, 0.15) is 0 Å². The van der Waals surface area contributed by atoms with Gasteiger partial charge in [0.05, 0.1) is 17.1 Å². The van der Waals surface area contributed by atoms with Crippen LogP contribution in [0.2, 0.25) is 0 Å². The number of amides is 1. The van der Waals surface area contributed by atoms with Crippen LogP contribution in [-0.4, -0.2) is 39.7 Å². The minimum absolute atomic E-state index is 0.118. The van der Waals surface area contributed by atoms with E-state index in [4.69, 9.17) is 9.47 Å². The molecule has 7 heteroatoms. The van der Waals surface area contributed by atoms with Crippen LogP contribution in [0.5, 0.6) is 0 Å². The minimum Gasteiger partial charge on any atom is -0.381 e. The zero-order chi connectivity index (χ0) is 24.2. The molecule has 0 saturated carbocycles. The number of fused-ring (bicyclic) bond motifs is 2. The summed E-state index contributed by atoms with van der Waals surface area (Å²) in [5.41, 5.74) is 0. The summed E-state index contributed by atoms with van der Waals surface area (Å²) < 4.78 is 38.8. The minimum atomic E-state index is -3.77. The first kappa shape index (κ1) is 27.2. The molecule has 1 aromatic carbocycles. The van der Waals surface area contributed by atoms with Crippen LogP contribution in [0.4, 0.5) is 0 Å². The fourth-order valence-corrected chi connectivity index (χ4v) is 6.54. The summed E-state index contributed by atoms with van der Waals surface area (Å²) in [4.78, 5) is 12.2. The highest BCUT2D eigenvalue weighted by Gasteiger charge is 2.47. The third-order valence-electron chi connectivity index (χ3n) is 7.32. The molecule has 0 aromatic heterocycles. The van der Waals surface area contributed by atoms with Crippen LogP contribution < -0.4 is 4.72 Å². The van der Waals surface area contributed by atoms with Gasteiger partial charge in [0.15, 0.2) is 0 Å². The van der Waals surface area contributed by atoms with E-state index in [2.05, 4.69) is 11.6 Å². The molecule has 0 aliphatic carbocycles. The van der Waals surface area contributed by atoms with E-state index >= 15 is 0 Å². The molecule has 1 amide bonds. The van der Waals surface area contributed by atoms with Crippen LogP contribution in [0, 0.1) is 11.8 Å². The lowest BCUT2D eigenvalue weighted by molar-refractivity contribution is -0.119. The molecular weight excluding hydrogens is 450 g/mol. The van der Waals surface area contributed by atoms with E-state index in [1.165, 1.54) is 57.1 Å². The number of carbonyl (C=O) groups is 1. The maximum Gasteiger partial charge on any atom is 0.264 e. The Morgan fingerprint density at radius 2 is 1.59 bits per heavy atom. The van der Waals surface area contributed by atoms with Crippen molar-refractivity contribution in [3.8, 4) is 0 Å². The van der Waals surface area contributed by atoms with E-state index < -0.39 is 15.9 Å². The standard InChI is InChI=1S/C27H43NO5S/c1-2-3-4-12-20-32-21-19-24-23(25-17-18-26(24)33-25)15-10-5-6-11-16-27(29)28-34(30,31)22-13-8-7-9-14-22/h7-9,13-14,23-26H,2-6,10-12,15-21H2,1H3,(H,28,29)/t23-,24+,25-,26+/m0/s1. The first-order chi connectivity index (χ1) is 16.5. The van der Waals surface area contributed by atoms with E-state index in [0.717, 1.165) is 38.9 Å². The molecule has 4 atom stereocenters. The van der Waals surface area contributed by atoms with Crippen LogP contribution in [0.1, 0.15) is 90.4 Å². The maximum atomic E-state index is 12.2. The number of unbranched alkanes of at least 4 members (excludes halogenated alkanes) is 6. The average Bonchev–Trinajstić information content (AvgIpc) is 3.43. The molecule has 3 rings (SSSR count). The lowest BCUT2D eigenvalue weighted by Crippen LogP contribution is -2.30. The fraction of sp³-hybridized carbons (Fsp3) is 0.741. The molecular formula is C27H43NO5S. The SMILES string of the molecule is CCCCCCOCC[C@@H]1[C@H](CCCCCCC(=O)NS(=O)(=O)c2ccccc2)[C@@H]2CC[C@H]1O2. The number of hydrogen-bond acceptors (Lipinski definition) is 5. The van der Waals surface area contributed by atoms with Gasteiger partial charge >= 0.3 is 0 Å². The van der Waals surface area contributed by atoms with Gasteiger partial charge in [-0.25, -0.2) is 13.1 Å². The number of sulfonamides is 1. The maximum absolute atomic E-state index is 12.2. The predicted octanol–water partition coefficient (Wildman–Crippen LogP) is 5.61. The van der Waals surface area contributed by atoms with Crippen molar-refractivity contribution in [1.29, 1.82) is 0 Å². The van der Waals surface area contributed by atoms with Crippen molar-refractivity contribution in [3.05, 3.63) is 30.3 Å². The number of nitrogens with one attached hydrogen (secondary N) is 1. The quantitative estimate of drug-likeness (QED) is 0.285. The van der Waals surface area contributed by atoms with Gasteiger partial charge in [0.25, 0.3) is 10.0 Å². The topological polar surface area (TPSA) is 81.7 Å². The molecule has 1 aromatic rings. The van der Waals surface area contributed by atoms with Crippen LogP contribution in [0.3, 0.4) is 0 Å². The molecule has 1 N–H and O–H groups in total. The van der Waals surface area contributed by atoms with E-state index in [0.29, 0.717) is 30.5 Å². The summed E-state index contributed by atoms with van der Waals surface area (Å²) in [6, 6.07) is 8.01. The molecule has 2 aliphatic heterocycles. The normalized spacial score (nSPS) is 23.9. The number of carbonyl (C=O) groups excluding carboxylic acids is 1. The van der Waals surface area contributed by atoms with Gasteiger partial charge in [0.2, 0.25) is 5.91 Å². The van der Waals surface area contributed by atoms with Gasteiger partial charge in [-0.2, -0.15) is 0 Å². The third-order valence-corrected chi connectivity index (χ3v) is 8.71. The number of ether oxygens (including phenoxy) is 2. The summed E-state index contributed by atoms with van der Waals surface area (Å²) in [5, 5.41) is 0. The Kier molecular flexibility index (Phi) is 11.3. The van der Waals surface area contributed by atoms with E-state index in [-0.39, 0.29) is 11.3 Å². The zero-order valence-electron chi connectivity index (χ0n) is 20.8. The molecule has 2 saturated heterocycles. The van der Waals surface area contributed by atoms with Crippen molar-refractivity contribution in [3.63, 3.8) is 0 Å². The molecule has 192 valence electrons. The van der Waals surface area contributed by atoms with Gasteiger partial charge in [0, 0.05) is 19.6 Å². The predicted molar refractivity (Wildman–Crippen MR) is 134 cm³/mol. The van der Waals surface area contributed by atoms with Crippen LogP contribution in [-0.2, 0) is 24.3 Å². The van der Waals surface area contributed by atoms with Crippen molar-refractivity contribution in [2.24, 2.45) is 11.8 Å². The third kappa shape index (κ3) is 8.35. The van der Waals surface area contributed by atoms with Crippen molar-refractivity contribution < 1.29 is 22.7 Å². The monoisotopic (exact) mass is 493 g/mol. The molecule has 0 radical (unpaired) electrons. The second kappa shape index (κ2) is 14.2. The summed E-state index contributed by atoms with van der Waals surface area (Å²) in [5.74, 6) is 0.838. The molecule has 34 heavy (non-hydrogen) atoms. The highest BCUT2D eigenvalue weighted by atomic mass is 32.2. The Morgan fingerprint density at radius 1 is 0.912 bits per heavy atom. The highest BCUT2D eigenvalue weighted by Crippen LogP contribution is 2.47. The van der Waals surface area contributed by atoms with E-state index in [1.807, 2.05) is 0 Å². The van der Waals surface area contributed by atoms with Crippen molar-refractivity contribution in [2.75, 3.05) is 13.2 Å². The summed E-state index contributed by atoms with van der Waals surface area (Å²) in [6.45, 7) is 3.96. The largest absolute Gasteiger partial charge is 0.381 e. The van der Waals surface area contributed by atoms with Crippen LogP contribution >= 0.6 is 0 Å². The first-order valence-electron chi connectivity index (χ1n) is 13.3. The Morgan fingerprint density at radius 3 is 2.32 bits per heavy atom. The molecule has 2 aliphatic rings. The van der Waals surface area contributed by atoms with Crippen molar-refractivity contribution >= 4 is 15.9 Å². The highest BCUT2D eigenvalue weighted by molar-refractivity contribution is 7.90. The molecule has 2 bridgehead atoms. The Bertz CT molecular complexity index is 829. The lowest BCUT2D eigenvalue weighted by atomic mass is 9.75. The molecule has 0 spiro atoms.